The van der Waals surface area contributed by atoms with Crippen molar-refractivity contribution in [3.8, 4) is 6.07 Å². The predicted octanol–water partition coefficient (Wildman–Crippen LogP) is 7.79. The van der Waals surface area contributed by atoms with Crippen molar-refractivity contribution < 1.29 is 23.0 Å². The molecule has 5 rings (SSSR count). The summed E-state index contributed by atoms with van der Waals surface area (Å²) in [7, 11) is -1.28. The number of ether oxygens (including phenoxy) is 2. The molecule has 0 saturated carbocycles. The maximum Gasteiger partial charge on any atom is 0.291 e. The van der Waals surface area contributed by atoms with Gasteiger partial charge in [0, 0.05) is 32.1 Å². The summed E-state index contributed by atoms with van der Waals surface area (Å²) >= 11 is 0. The van der Waals surface area contributed by atoms with E-state index in [2.05, 4.69) is 55.9 Å². The van der Waals surface area contributed by atoms with E-state index in [1.165, 1.54) is 6.20 Å². The van der Waals surface area contributed by atoms with Crippen LogP contribution in [-0.2, 0) is 16.2 Å². The number of allylic oxidation sites excluding steroid dienone is 2. The second-order valence-electron chi connectivity index (χ2n) is 14.7. The van der Waals surface area contributed by atoms with Crippen LogP contribution in [0.3, 0.4) is 0 Å². The molecule has 1 N–H and O–H groups in total. The molecule has 3 aliphatic rings. The van der Waals surface area contributed by atoms with E-state index >= 15 is 0 Å². The van der Waals surface area contributed by atoms with Crippen LogP contribution in [0, 0.1) is 16.7 Å². The number of rotatable bonds is 11. The van der Waals surface area contributed by atoms with Crippen molar-refractivity contribution in [2.75, 3.05) is 25.3 Å². The summed E-state index contributed by atoms with van der Waals surface area (Å²) in [5.74, 6) is -0.447. The SMILES string of the molecule is CC1(C)CC=C(c2cc(C3CC4(CF)C=CC(CF)(C3)O4)ccc2NC(=O)c2nc(C#N)cn2COCC[Si](C)(C)C)CC1. The van der Waals surface area contributed by atoms with Crippen LogP contribution in [0.5, 0.6) is 0 Å². The summed E-state index contributed by atoms with van der Waals surface area (Å²) in [6.07, 6.45) is 10.8. The number of halogens is 2. The highest BCUT2D eigenvalue weighted by molar-refractivity contribution is 6.76. The Hall–Kier alpha value is -3.13. The zero-order chi connectivity index (χ0) is 31.8. The third kappa shape index (κ3) is 7.06. The number of hydrogen-bond acceptors (Lipinski definition) is 5. The highest BCUT2D eigenvalue weighted by Gasteiger charge is 2.52. The van der Waals surface area contributed by atoms with Gasteiger partial charge in [-0.1, -0.05) is 57.8 Å². The average Bonchev–Trinajstić information content (AvgIpc) is 3.53. The molecule has 236 valence electrons. The zero-order valence-corrected chi connectivity index (χ0v) is 27.5. The first-order valence-electron chi connectivity index (χ1n) is 15.5. The van der Waals surface area contributed by atoms with Crippen molar-refractivity contribution in [2.24, 2.45) is 5.41 Å². The molecular formula is C34H44F2N4O3Si. The number of fused-ring (bicyclic) bond motifs is 2. The zero-order valence-electron chi connectivity index (χ0n) is 26.5. The lowest BCUT2D eigenvalue weighted by molar-refractivity contribution is -0.145. The van der Waals surface area contributed by atoms with Gasteiger partial charge < -0.3 is 19.4 Å². The van der Waals surface area contributed by atoms with Crippen molar-refractivity contribution >= 4 is 25.2 Å². The first kappa shape index (κ1) is 32.3. The average molecular weight is 623 g/mol. The van der Waals surface area contributed by atoms with Crippen LogP contribution < -0.4 is 5.32 Å². The molecule has 1 saturated heterocycles. The largest absolute Gasteiger partial charge is 0.361 e. The number of anilines is 1. The molecule has 2 aliphatic heterocycles. The van der Waals surface area contributed by atoms with Crippen LogP contribution in [0.25, 0.3) is 5.57 Å². The van der Waals surface area contributed by atoms with Crippen molar-refractivity contribution in [2.45, 2.75) is 95.5 Å². The number of imidazole rings is 1. The van der Waals surface area contributed by atoms with Crippen LogP contribution in [0.2, 0.25) is 25.7 Å². The van der Waals surface area contributed by atoms with E-state index in [4.69, 9.17) is 9.47 Å². The number of carbonyl (C=O) groups is 1. The van der Waals surface area contributed by atoms with Crippen LogP contribution in [-0.4, -0.2) is 54.7 Å². The van der Waals surface area contributed by atoms with E-state index < -0.39 is 38.5 Å². The molecule has 1 amide bonds. The summed E-state index contributed by atoms with van der Waals surface area (Å²) in [6, 6.07) is 8.89. The highest BCUT2D eigenvalue weighted by Crippen LogP contribution is 2.50. The molecular weight excluding hydrogens is 578 g/mol. The molecule has 1 aromatic carbocycles. The number of benzene rings is 1. The maximum atomic E-state index is 14.2. The Labute approximate surface area is 260 Å². The first-order valence-corrected chi connectivity index (χ1v) is 19.2. The third-order valence-corrected chi connectivity index (χ3v) is 10.8. The second-order valence-corrected chi connectivity index (χ2v) is 20.3. The second kappa shape index (κ2) is 12.3. The standard InChI is InChI=1S/C34H44F2N4O3Si/c1-32(2)10-8-24(9-11-32)28-16-25(26-17-33(21-35)12-13-34(18-26,22-36)43-33)6-7-29(28)39-31(41)30-38-27(19-37)20-40(30)23-42-14-15-44(3,4)5/h6-8,12-13,16,20,26H,9-11,14-15,17-18,21-23H2,1-5H3,(H,39,41). The number of nitrogens with zero attached hydrogens (tertiary/aromatic N) is 3. The van der Waals surface area contributed by atoms with Crippen LogP contribution in [0.4, 0.5) is 14.5 Å². The van der Waals surface area contributed by atoms with Crippen LogP contribution in [0.15, 0.2) is 42.6 Å². The van der Waals surface area contributed by atoms with Gasteiger partial charge in [0.2, 0.25) is 5.82 Å². The molecule has 1 aliphatic carbocycles. The molecule has 2 unspecified atom stereocenters. The van der Waals surface area contributed by atoms with Gasteiger partial charge in [-0.15, -0.1) is 0 Å². The van der Waals surface area contributed by atoms with E-state index in [1.54, 1.807) is 16.7 Å². The van der Waals surface area contributed by atoms with Gasteiger partial charge in [0.05, 0.1) is 0 Å². The fourth-order valence-electron chi connectivity index (χ4n) is 6.37. The van der Waals surface area contributed by atoms with E-state index in [0.29, 0.717) is 25.1 Å². The van der Waals surface area contributed by atoms with Gasteiger partial charge in [-0.3, -0.25) is 4.79 Å². The summed E-state index contributed by atoms with van der Waals surface area (Å²) in [5.41, 5.74) is 1.73. The number of nitriles is 1. The predicted molar refractivity (Wildman–Crippen MR) is 171 cm³/mol. The summed E-state index contributed by atoms with van der Waals surface area (Å²) < 4.78 is 41.7. The Bertz CT molecular complexity index is 1480. The van der Waals surface area contributed by atoms with Crippen molar-refractivity contribution in [3.05, 3.63) is 65.3 Å². The molecule has 7 nitrogen and oxygen atoms in total. The molecule has 0 radical (unpaired) electrons. The summed E-state index contributed by atoms with van der Waals surface area (Å²) in [4.78, 5) is 17.9. The van der Waals surface area contributed by atoms with Crippen molar-refractivity contribution in [1.82, 2.24) is 9.55 Å². The monoisotopic (exact) mass is 622 g/mol. The van der Waals surface area contributed by atoms with Crippen LogP contribution in [0.1, 0.15) is 79.3 Å². The molecule has 2 atom stereocenters. The van der Waals surface area contributed by atoms with Gasteiger partial charge >= 0.3 is 0 Å². The number of aromatic nitrogens is 2. The number of carbonyl (C=O) groups excluding carboxylic acids is 1. The number of nitrogens with one attached hydrogen (secondary N) is 1. The number of hydrogen-bond donors (Lipinski definition) is 1. The van der Waals surface area contributed by atoms with Gasteiger partial charge in [-0.25, -0.2) is 13.8 Å². The molecule has 1 fully saturated rings. The minimum absolute atomic E-state index is 0.102. The highest BCUT2D eigenvalue weighted by atomic mass is 28.3. The number of amides is 1. The van der Waals surface area contributed by atoms with Gasteiger partial charge in [0.25, 0.3) is 5.91 Å². The van der Waals surface area contributed by atoms with Gasteiger partial charge in [0.1, 0.15) is 37.4 Å². The third-order valence-electron chi connectivity index (χ3n) is 9.14. The lowest BCUT2D eigenvalue weighted by Crippen LogP contribution is -2.46. The fraction of sp³-hybridized carbons (Fsp3) is 0.559. The minimum Gasteiger partial charge on any atom is -0.361 e. The molecule has 0 spiro atoms. The normalized spacial score (nSPS) is 25.9. The topological polar surface area (TPSA) is 89.2 Å². The minimum atomic E-state index is -1.28. The quantitative estimate of drug-likeness (QED) is 0.157. The summed E-state index contributed by atoms with van der Waals surface area (Å²) in [6.45, 7) is 10.6. The molecule has 10 heteroatoms. The Morgan fingerprint density at radius 3 is 2.50 bits per heavy atom. The maximum absolute atomic E-state index is 14.2. The first-order chi connectivity index (χ1) is 20.8. The molecule has 44 heavy (non-hydrogen) atoms. The van der Waals surface area contributed by atoms with E-state index in [-0.39, 0.29) is 29.6 Å². The fourth-order valence-corrected chi connectivity index (χ4v) is 7.13. The van der Waals surface area contributed by atoms with Gasteiger partial charge in [0.15, 0.2) is 5.69 Å². The van der Waals surface area contributed by atoms with E-state index in [9.17, 15) is 18.8 Å². The molecule has 1 aromatic heterocycles. The van der Waals surface area contributed by atoms with Gasteiger partial charge in [-0.2, -0.15) is 5.26 Å². The van der Waals surface area contributed by atoms with E-state index in [0.717, 1.165) is 42.0 Å². The lowest BCUT2D eigenvalue weighted by atomic mass is 9.75. The molecule has 2 aromatic rings. The van der Waals surface area contributed by atoms with Crippen molar-refractivity contribution in [3.63, 3.8) is 0 Å². The Morgan fingerprint density at radius 2 is 1.91 bits per heavy atom. The van der Waals surface area contributed by atoms with E-state index in [1.807, 2.05) is 18.2 Å². The smallest absolute Gasteiger partial charge is 0.291 e. The lowest BCUT2D eigenvalue weighted by Gasteiger charge is -2.42. The molecule has 3 heterocycles. The van der Waals surface area contributed by atoms with Crippen molar-refractivity contribution in [1.29, 1.82) is 5.26 Å². The van der Waals surface area contributed by atoms with Crippen LogP contribution >= 0.6 is 0 Å². The Kier molecular flexibility index (Phi) is 9.05. The number of alkyl halides is 2. The van der Waals surface area contributed by atoms with Gasteiger partial charge in [-0.05, 0) is 72.8 Å². The Balaban J connectivity index is 1.43. The summed E-state index contributed by atoms with van der Waals surface area (Å²) in [5, 5.41) is 12.5. The molecule has 2 bridgehead atoms. The Morgan fingerprint density at radius 1 is 1.20 bits per heavy atom.